The van der Waals surface area contributed by atoms with E-state index in [2.05, 4.69) is 22.0 Å². The van der Waals surface area contributed by atoms with Crippen molar-refractivity contribution in [3.8, 4) is 0 Å². The van der Waals surface area contributed by atoms with Gasteiger partial charge in [0.2, 0.25) is 0 Å². The average Bonchev–Trinajstić information content (AvgIpc) is 2.54. The molecule has 16 heavy (non-hydrogen) atoms. The van der Waals surface area contributed by atoms with Gasteiger partial charge >= 0.3 is 0 Å². The van der Waals surface area contributed by atoms with Crippen LogP contribution in [0, 0.1) is 5.92 Å². The first-order valence-electron chi connectivity index (χ1n) is 6.43. The molecule has 0 aromatic heterocycles. The standard InChI is InChI=1S/C12H23N3O/c1-13-5-3-7-14(9-8-13)15-6-2-4-12(10-15)11-16/h11-12H,2-10H2,1H3. The Kier molecular flexibility index (Phi) is 4.32. The molecule has 2 heterocycles. The maximum Gasteiger partial charge on any atom is 0.124 e. The van der Waals surface area contributed by atoms with Gasteiger partial charge in [0.15, 0.2) is 0 Å². The van der Waals surface area contributed by atoms with Crippen molar-refractivity contribution in [1.82, 2.24) is 14.9 Å². The van der Waals surface area contributed by atoms with Gasteiger partial charge in [-0.3, -0.25) is 0 Å². The molecule has 0 bridgehead atoms. The zero-order valence-electron chi connectivity index (χ0n) is 10.3. The third-order valence-corrected chi connectivity index (χ3v) is 3.72. The average molecular weight is 225 g/mol. The summed E-state index contributed by atoms with van der Waals surface area (Å²) in [6.45, 7) is 6.67. The van der Waals surface area contributed by atoms with Crippen LogP contribution in [0.25, 0.3) is 0 Å². The number of likely N-dealkylation sites (N-methyl/N-ethyl adjacent to an activating group) is 1. The lowest BCUT2D eigenvalue weighted by Crippen LogP contribution is -2.49. The number of hydrogen-bond acceptors (Lipinski definition) is 4. The normalized spacial score (nSPS) is 31.2. The van der Waals surface area contributed by atoms with E-state index in [4.69, 9.17) is 0 Å². The number of hydrazine groups is 1. The van der Waals surface area contributed by atoms with Crippen LogP contribution in [0.4, 0.5) is 0 Å². The minimum Gasteiger partial charge on any atom is -0.305 e. The number of aldehydes is 1. The van der Waals surface area contributed by atoms with Crippen molar-refractivity contribution in [2.45, 2.75) is 19.3 Å². The van der Waals surface area contributed by atoms with E-state index < -0.39 is 0 Å². The fourth-order valence-corrected chi connectivity index (χ4v) is 2.67. The van der Waals surface area contributed by atoms with Crippen molar-refractivity contribution in [2.75, 3.05) is 46.3 Å². The van der Waals surface area contributed by atoms with E-state index in [1.165, 1.54) is 13.0 Å². The highest BCUT2D eigenvalue weighted by Crippen LogP contribution is 2.17. The van der Waals surface area contributed by atoms with Gasteiger partial charge in [-0.05, 0) is 32.9 Å². The van der Waals surface area contributed by atoms with Crippen LogP contribution in [-0.4, -0.2) is 67.5 Å². The second-order valence-corrected chi connectivity index (χ2v) is 5.06. The molecular weight excluding hydrogens is 202 g/mol. The quantitative estimate of drug-likeness (QED) is 0.638. The van der Waals surface area contributed by atoms with Gasteiger partial charge in [0.25, 0.3) is 0 Å². The summed E-state index contributed by atoms with van der Waals surface area (Å²) >= 11 is 0. The van der Waals surface area contributed by atoms with E-state index in [-0.39, 0.29) is 5.92 Å². The molecule has 92 valence electrons. The van der Waals surface area contributed by atoms with Crippen LogP contribution in [0.5, 0.6) is 0 Å². The Bertz CT molecular complexity index is 234. The van der Waals surface area contributed by atoms with Gasteiger partial charge < -0.3 is 9.69 Å². The molecule has 0 aliphatic carbocycles. The van der Waals surface area contributed by atoms with Crippen LogP contribution in [0.1, 0.15) is 19.3 Å². The molecule has 2 rings (SSSR count). The molecular formula is C12H23N3O. The third-order valence-electron chi connectivity index (χ3n) is 3.72. The first-order chi connectivity index (χ1) is 7.79. The molecule has 0 N–H and O–H groups in total. The van der Waals surface area contributed by atoms with E-state index >= 15 is 0 Å². The lowest BCUT2D eigenvalue weighted by Gasteiger charge is -2.38. The Morgan fingerprint density at radius 3 is 2.62 bits per heavy atom. The van der Waals surface area contributed by atoms with Crippen molar-refractivity contribution in [1.29, 1.82) is 0 Å². The number of piperidine rings is 1. The van der Waals surface area contributed by atoms with Crippen LogP contribution in [-0.2, 0) is 4.79 Å². The fourth-order valence-electron chi connectivity index (χ4n) is 2.67. The second-order valence-electron chi connectivity index (χ2n) is 5.06. The van der Waals surface area contributed by atoms with Crippen molar-refractivity contribution in [3.63, 3.8) is 0 Å². The molecule has 0 spiro atoms. The van der Waals surface area contributed by atoms with Crippen molar-refractivity contribution >= 4 is 6.29 Å². The van der Waals surface area contributed by atoms with Crippen LogP contribution >= 0.6 is 0 Å². The Morgan fingerprint density at radius 1 is 1.00 bits per heavy atom. The molecule has 2 aliphatic heterocycles. The van der Waals surface area contributed by atoms with Gasteiger partial charge in [-0.2, -0.15) is 0 Å². The molecule has 1 unspecified atom stereocenters. The molecule has 2 aliphatic rings. The van der Waals surface area contributed by atoms with Crippen molar-refractivity contribution < 1.29 is 4.79 Å². The number of carbonyl (C=O) groups excluding carboxylic acids is 1. The predicted molar refractivity (Wildman–Crippen MR) is 64.0 cm³/mol. The monoisotopic (exact) mass is 225 g/mol. The SMILES string of the molecule is CN1CCCN(N2CCCC(C=O)C2)CC1. The van der Waals surface area contributed by atoms with Crippen molar-refractivity contribution in [2.24, 2.45) is 5.92 Å². The zero-order chi connectivity index (χ0) is 11.4. The molecule has 2 saturated heterocycles. The van der Waals surface area contributed by atoms with Gasteiger partial charge in [0.1, 0.15) is 6.29 Å². The summed E-state index contributed by atoms with van der Waals surface area (Å²) in [6, 6.07) is 0. The molecule has 0 aromatic rings. The number of carbonyl (C=O) groups is 1. The molecule has 0 saturated carbocycles. The van der Waals surface area contributed by atoms with Gasteiger partial charge in [0, 0.05) is 38.6 Å². The van der Waals surface area contributed by atoms with Gasteiger partial charge in [-0.25, -0.2) is 10.0 Å². The molecule has 4 nitrogen and oxygen atoms in total. The number of nitrogens with zero attached hydrogens (tertiary/aromatic N) is 3. The van der Waals surface area contributed by atoms with E-state index in [1.54, 1.807) is 0 Å². The molecule has 1 atom stereocenters. The zero-order valence-corrected chi connectivity index (χ0v) is 10.3. The van der Waals surface area contributed by atoms with E-state index in [0.717, 1.165) is 51.9 Å². The van der Waals surface area contributed by atoms with Gasteiger partial charge in [0.05, 0.1) is 0 Å². The topological polar surface area (TPSA) is 26.8 Å². The molecule has 0 aromatic carbocycles. The molecule has 0 amide bonds. The largest absolute Gasteiger partial charge is 0.305 e. The Labute approximate surface area is 98.2 Å². The highest BCUT2D eigenvalue weighted by Gasteiger charge is 2.24. The van der Waals surface area contributed by atoms with Gasteiger partial charge in [-0.1, -0.05) is 0 Å². The molecule has 0 radical (unpaired) electrons. The number of rotatable bonds is 2. The maximum absolute atomic E-state index is 10.9. The molecule has 2 fully saturated rings. The van der Waals surface area contributed by atoms with Gasteiger partial charge in [-0.15, -0.1) is 0 Å². The summed E-state index contributed by atoms with van der Waals surface area (Å²) in [5.74, 6) is 0.259. The minimum absolute atomic E-state index is 0.259. The minimum atomic E-state index is 0.259. The lowest BCUT2D eigenvalue weighted by molar-refractivity contribution is -0.117. The smallest absolute Gasteiger partial charge is 0.124 e. The van der Waals surface area contributed by atoms with Crippen LogP contribution in [0.15, 0.2) is 0 Å². The first-order valence-corrected chi connectivity index (χ1v) is 6.43. The predicted octanol–water partition coefficient (Wildman–Crippen LogP) is 0.450. The Morgan fingerprint density at radius 2 is 1.81 bits per heavy atom. The summed E-state index contributed by atoms with van der Waals surface area (Å²) in [5.41, 5.74) is 0. The lowest BCUT2D eigenvalue weighted by atomic mass is 10.0. The van der Waals surface area contributed by atoms with E-state index in [9.17, 15) is 4.79 Å². The maximum atomic E-state index is 10.9. The summed E-state index contributed by atoms with van der Waals surface area (Å²) in [5, 5.41) is 4.86. The fraction of sp³-hybridized carbons (Fsp3) is 0.917. The first kappa shape index (κ1) is 12.0. The Balaban J connectivity index is 1.87. The molecule has 4 heteroatoms. The Hall–Kier alpha value is -0.450. The van der Waals surface area contributed by atoms with E-state index in [0.29, 0.717) is 0 Å². The third kappa shape index (κ3) is 3.03. The van der Waals surface area contributed by atoms with Crippen LogP contribution in [0.3, 0.4) is 0 Å². The van der Waals surface area contributed by atoms with Crippen LogP contribution < -0.4 is 0 Å². The van der Waals surface area contributed by atoms with E-state index in [1.807, 2.05) is 0 Å². The summed E-state index contributed by atoms with van der Waals surface area (Å²) in [6.07, 6.45) is 4.61. The van der Waals surface area contributed by atoms with Crippen molar-refractivity contribution in [3.05, 3.63) is 0 Å². The number of hydrogen-bond donors (Lipinski definition) is 0. The summed E-state index contributed by atoms with van der Waals surface area (Å²) in [4.78, 5) is 13.2. The summed E-state index contributed by atoms with van der Waals surface area (Å²) in [7, 11) is 2.19. The highest BCUT2D eigenvalue weighted by atomic mass is 16.1. The second kappa shape index (κ2) is 5.75. The van der Waals surface area contributed by atoms with Crippen LogP contribution in [0.2, 0.25) is 0 Å². The highest BCUT2D eigenvalue weighted by molar-refractivity contribution is 5.53. The summed E-state index contributed by atoms with van der Waals surface area (Å²) < 4.78 is 0.